The average molecular weight is 235 g/mol. The zero-order valence-corrected chi connectivity index (χ0v) is 9.44. The van der Waals surface area contributed by atoms with E-state index >= 15 is 0 Å². The molecule has 78 valence electrons. The maximum absolute atomic E-state index is 5.95. The van der Waals surface area contributed by atoms with Gasteiger partial charge in [-0.25, -0.2) is 0 Å². The molecule has 0 fully saturated rings. The van der Waals surface area contributed by atoms with Gasteiger partial charge >= 0.3 is 0 Å². The summed E-state index contributed by atoms with van der Waals surface area (Å²) in [4.78, 5) is 0. The number of ether oxygens (including phenoxy) is 2. The first-order valence-corrected chi connectivity index (χ1v) is 5.00. The largest absolute Gasteiger partial charge is 0.382 e. The van der Waals surface area contributed by atoms with Crippen LogP contribution in [0.1, 0.15) is 5.56 Å². The highest BCUT2D eigenvalue weighted by Gasteiger charge is 2.00. The fraction of sp³-hybridized carbons (Fsp3) is 0.400. The van der Waals surface area contributed by atoms with E-state index in [1.807, 2.05) is 6.07 Å². The van der Waals surface area contributed by atoms with Crippen LogP contribution in [0.4, 0.5) is 0 Å². The summed E-state index contributed by atoms with van der Waals surface area (Å²) < 4.78 is 10.2. The van der Waals surface area contributed by atoms with Crippen LogP contribution >= 0.6 is 23.2 Å². The van der Waals surface area contributed by atoms with Crippen molar-refractivity contribution >= 4 is 23.2 Å². The SMILES string of the molecule is COCCOCc1ccc(Cl)cc1Cl. The Balaban J connectivity index is 2.42. The Morgan fingerprint density at radius 2 is 2.00 bits per heavy atom. The fourth-order valence-corrected chi connectivity index (χ4v) is 1.43. The van der Waals surface area contributed by atoms with Crippen LogP contribution in [-0.4, -0.2) is 20.3 Å². The molecule has 0 bridgehead atoms. The van der Waals surface area contributed by atoms with Gasteiger partial charge in [-0.05, 0) is 17.7 Å². The highest BCUT2D eigenvalue weighted by atomic mass is 35.5. The lowest BCUT2D eigenvalue weighted by Crippen LogP contribution is -2.01. The Labute approximate surface area is 93.7 Å². The number of benzene rings is 1. The standard InChI is InChI=1S/C10H12Cl2O2/c1-13-4-5-14-7-8-2-3-9(11)6-10(8)12/h2-3,6H,4-5,7H2,1H3. The van der Waals surface area contributed by atoms with Crippen LogP contribution in [-0.2, 0) is 16.1 Å². The van der Waals surface area contributed by atoms with E-state index in [9.17, 15) is 0 Å². The van der Waals surface area contributed by atoms with Gasteiger partial charge in [0.2, 0.25) is 0 Å². The van der Waals surface area contributed by atoms with E-state index in [1.54, 1.807) is 19.2 Å². The van der Waals surface area contributed by atoms with Gasteiger partial charge in [-0.3, -0.25) is 0 Å². The van der Waals surface area contributed by atoms with E-state index in [4.69, 9.17) is 32.7 Å². The number of methoxy groups -OCH3 is 1. The number of rotatable bonds is 5. The lowest BCUT2D eigenvalue weighted by atomic mass is 10.2. The molecule has 14 heavy (non-hydrogen) atoms. The summed E-state index contributed by atoms with van der Waals surface area (Å²) in [6, 6.07) is 5.36. The first-order valence-electron chi connectivity index (χ1n) is 4.24. The van der Waals surface area contributed by atoms with Crippen LogP contribution in [0.25, 0.3) is 0 Å². The van der Waals surface area contributed by atoms with Gasteiger partial charge in [0.15, 0.2) is 0 Å². The number of hydrogen-bond acceptors (Lipinski definition) is 2. The molecular weight excluding hydrogens is 223 g/mol. The first kappa shape index (κ1) is 11.8. The first-order chi connectivity index (χ1) is 6.74. The highest BCUT2D eigenvalue weighted by molar-refractivity contribution is 6.35. The minimum atomic E-state index is 0.485. The predicted molar refractivity (Wildman–Crippen MR) is 58.0 cm³/mol. The summed E-state index contributed by atoms with van der Waals surface area (Å²) in [6.45, 7) is 1.64. The van der Waals surface area contributed by atoms with Crippen LogP contribution in [0.15, 0.2) is 18.2 Å². The van der Waals surface area contributed by atoms with Crippen molar-refractivity contribution in [1.82, 2.24) is 0 Å². The maximum atomic E-state index is 5.95. The van der Waals surface area contributed by atoms with Gasteiger partial charge in [-0.1, -0.05) is 29.3 Å². The Morgan fingerprint density at radius 3 is 2.64 bits per heavy atom. The van der Waals surface area contributed by atoms with Crippen molar-refractivity contribution in [1.29, 1.82) is 0 Å². The average Bonchev–Trinajstić information content (AvgIpc) is 2.15. The number of halogens is 2. The van der Waals surface area contributed by atoms with Crippen molar-refractivity contribution in [2.45, 2.75) is 6.61 Å². The molecule has 0 saturated heterocycles. The minimum absolute atomic E-state index is 0.485. The van der Waals surface area contributed by atoms with Gasteiger partial charge in [-0.2, -0.15) is 0 Å². The molecule has 1 aromatic carbocycles. The maximum Gasteiger partial charge on any atom is 0.0732 e. The fourth-order valence-electron chi connectivity index (χ4n) is 0.963. The van der Waals surface area contributed by atoms with Crippen LogP contribution in [0, 0.1) is 0 Å². The quantitative estimate of drug-likeness (QED) is 0.730. The molecular formula is C10H12Cl2O2. The number of hydrogen-bond donors (Lipinski definition) is 0. The van der Waals surface area contributed by atoms with Gasteiger partial charge in [0.25, 0.3) is 0 Å². The molecule has 0 aliphatic carbocycles. The van der Waals surface area contributed by atoms with E-state index < -0.39 is 0 Å². The molecule has 1 rings (SSSR count). The molecule has 2 nitrogen and oxygen atoms in total. The Kier molecular flexibility index (Phi) is 5.26. The third-order valence-corrected chi connectivity index (χ3v) is 2.29. The summed E-state index contributed by atoms with van der Waals surface area (Å²) in [7, 11) is 1.64. The van der Waals surface area contributed by atoms with Crippen LogP contribution < -0.4 is 0 Å². The van der Waals surface area contributed by atoms with Crippen molar-refractivity contribution in [2.75, 3.05) is 20.3 Å². The summed E-state index contributed by atoms with van der Waals surface area (Å²) in [6.07, 6.45) is 0. The molecule has 0 heterocycles. The zero-order chi connectivity index (χ0) is 10.4. The molecule has 1 aromatic rings. The van der Waals surface area contributed by atoms with Crippen molar-refractivity contribution in [3.63, 3.8) is 0 Å². The Hall–Kier alpha value is -0.280. The van der Waals surface area contributed by atoms with Crippen molar-refractivity contribution in [3.05, 3.63) is 33.8 Å². The van der Waals surface area contributed by atoms with Crippen molar-refractivity contribution < 1.29 is 9.47 Å². The predicted octanol–water partition coefficient (Wildman–Crippen LogP) is 3.16. The lowest BCUT2D eigenvalue weighted by Gasteiger charge is -2.05. The van der Waals surface area contributed by atoms with Gasteiger partial charge in [-0.15, -0.1) is 0 Å². The van der Waals surface area contributed by atoms with E-state index in [1.165, 1.54) is 0 Å². The van der Waals surface area contributed by atoms with Gasteiger partial charge in [0.05, 0.1) is 19.8 Å². The lowest BCUT2D eigenvalue weighted by molar-refractivity contribution is 0.0617. The molecule has 0 radical (unpaired) electrons. The molecule has 0 unspecified atom stereocenters. The van der Waals surface area contributed by atoms with Crippen molar-refractivity contribution in [3.8, 4) is 0 Å². The second-order valence-electron chi connectivity index (χ2n) is 2.78. The molecule has 4 heteroatoms. The molecule has 0 spiro atoms. The topological polar surface area (TPSA) is 18.5 Å². The second kappa shape index (κ2) is 6.25. The van der Waals surface area contributed by atoms with Crippen molar-refractivity contribution in [2.24, 2.45) is 0 Å². The molecule has 0 aliphatic heterocycles. The normalized spacial score (nSPS) is 10.5. The van der Waals surface area contributed by atoms with Gasteiger partial charge < -0.3 is 9.47 Å². The van der Waals surface area contributed by atoms with E-state index in [2.05, 4.69) is 0 Å². The molecule has 0 aliphatic rings. The van der Waals surface area contributed by atoms with E-state index in [-0.39, 0.29) is 0 Å². The highest BCUT2D eigenvalue weighted by Crippen LogP contribution is 2.21. The monoisotopic (exact) mass is 234 g/mol. The van der Waals surface area contributed by atoms with Crippen LogP contribution in [0.3, 0.4) is 0 Å². The van der Waals surface area contributed by atoms with Crippen LogP contribution in [0.2, 0.25) is 10.0 Å². The molecule has 0 amide bonds. The third kappa shape index (κ3) is 3.84. The smallest absolute Gasteiger partial charge is 0.0732 e. The summed E-state index contributed by atoms with van der Waals surface area (Å²) in [5.41, 5.74) is 0.937. The third-order valence-electron chi connectivity index (χ3n) is 1.70. The minimum Gasteiger partial charge on any atom is -0.382 e. The molecule has 0 N–H and O–H groups in total. The molecule has 0 aromatic heterocycles. The Morgan fingerprint density at radius 1 is 1.21 bits per heavy atom. The summed E-state index contributed by atoms with van der Waals surface area (Å²) in [5.74, 6) is 0. The molecule has 0 atom stereocenters. The molecule has 0 saturated carbocycles. The van der Waals surface area contributed by atoms with E-state index in [0.29, 0.717) is 29.9 Å². The Bertz CT molecular complexity index is 289. The van der Waals surface area contributed by atoms with E-state index in [0.717, 1.165) is 5.56 Å². The van der Waals surface area contributed by atoms with Crippen LogP contribution in [0.5, 0.6) is 0 Å². The zero-order valence-electron chi connectivity index (χ0n) is 7.93. The van der Waals surface area contributed by atoms with Gasteiger partial charge in [0, 0.05) is 17.2 Å². The second-order valence-corrected chi connectivity index (χ2v) is 3.62. The van der Waals surface area contributed by atoms with Gasteiger partial charge in [0.1, 0.15) is 0 Å². The summed E-state index contributed by atoms with van der Waals surface area (Å²) in [5, 5.41) is 1.27. The summed E-state index contributed by atoms with van der Waals surface area (Å²) >= 11 is 11.7.